The van der Waals surface area contributed by atoms with E-state index in [9.17, 15) is 0 Å². The minimum atomic E-state index is 0.678. The molecule has 1 aromatic carbocycles. The highest BCUT2D eigenvalue weighted by Gasteiger charge is 2.18. The van der Waals surface area contributed by atoms with Crippen LogP contribution in [0.25, 0.3) is 0 Å². The van der Waals surface area contributed by atoms with E-state index in [0.29, 0.717) is 6.04 Å². The lowest BCUT2D eigenvalue weighted by atomic mass is 9.96. The first kappa shape index (κ1) is 17.2. The smallest absolute Gasteiger partial charge is 0.0236 e. The second-order valence-corrected chi connectivity index (χ2v) is 5.91. The number of nitrogens with zero attached hydrogens (tertiary/aromatic N) is 1. The van der Waals surface area contributed by atoms with Crippen molar-refractivity contribution in [2.24, 2.45) is 11.7 Å². The monoisotopic (exact) mass is 276 g/mol. The highest BCUT2D eigenvalue weighted by Crippen LogP contribution is 2.20. The molecule has 2 N–H and O–H groups in total. The Bertz CT molecular complexity index is 337. The van der Waals surface area contributed by atoms with Crippen molar-refractivity contribution in [2.45, 2.75) is 59.0 Å². The number of benzene rings is 1. The molecule has 1 aromatic rings. The molecule has 2 atom stereocenters. The summed E-state index contributed by atoms with van der Waals surface area (Å²) in [5.41, 5.74) is 7.12. The molecule has 0 aromatic heterocycles. The summed E-state index contributed by atoms with van der Waals surface area (Å²) in [5, 5.41) is 0. The standard InChI is InChI=1S/C18H32N2/c1-4-16(3)14-18(5-2)20(13-9-12-19)15-17-10-7-6-8-11-17/h6-8,10-11,16,18H,4-5,9,12-15,19H2,1-3H3. The predicted octanol–water partition coefficient (Wildman–Crippen LogP) is 4.05. The van der Waals surface area contributed by atoms with Crippen molar-refractivity contribution in [3.05, 3.63) is 35.9 Å². The van der Waals surface area contributed by atoms with Crippen LogP contribution >= 0.6 is 0 Å². The zero-order chi connectivity index (χ0) is 14.8. The second-order valence-electron chi connectivity index (χ2n) is 5.91. The number of hydrogen-bond acceptors (Lipinski definition) is 2. The summed E-state index contributed by atoms with van der Waals surface area (Å²) in [6.45, 7) is 9.92. The quantitative estimate of drug-likeness (QED) is 0.698. The van der Waals surface area contributed by atoms with Gasteiger partial charge in [-0.05, 0) is 43.8 Å². The van der Waals surface area contributed by atoms with Crippen LogP contribution in [-0.2, 0) is 6.54 Å². The molecule has 0 aliphatic rings. The molecule has 2 nitrogen and oxygen atoms in total. The SMILES string of the molecule is CCC(C)CC(CC)N(CCCN)Cc1ccccc1. The molecule has 0 aliphatic heterocycles. The van der Waals surface area contributed by atoms with Crippen LogP contribution in [0.1, 0.15) is 52.0 Å². The van der Waals surface area contributed by atoms with Crippen LogP contribution in [0, 0.1) is 5.92 Å². The summed E-state index contributed by atoms with van der Waals surface area (Å²) in [6.07, 6.45) is 4.88. The molecule has 20 heavy (non-hydrogen) atoms. The fraction of sp³-hybridized carbons (Fsp3) is 0.667. The highest BCUT2D eigenvalue weighted by molar-refractivity contribution is 5.14. The van der Waals surface area contributed by atoms with E-state index in [-0.39, 0.29) is 0 Å². The predicted molar refractivity (Wildman–Crippen MR) is 88.7 cm³/mol. The molecular weight excluding hydrogens is 244 g/mol. The normalized spacial score (nSPS) is 14.4. The Hall–Kier alpha value is -0.860. The fourth-order valence-electron chi connectivity index (χ4n) is 2.71. The fourth-order valence-corrected chi connectivity index (χ4v) is 2.71. The van der Waals surface area contributed by atoms with Gasteiger partial charge in [-0.15, -0.1) is 0 Å². The van der Waals surface area contributed by atoms with E-state index < -0.39 is 0 Å². The third kappa shape index (κ3) is 6.06. The average molecular weight is 276 g/mol. The summed E-state index contributed by atoms with van der Waals surface area (Å²) in [5.74, 6) is 0.802. The van der Waals surface area contributed by atoms with Crippen LogP contribution in [0.5, 0.6) is 0 Å². The van der Waals surface area contributed by atoms with Crippen LogP contribution in [0.4, 0.5) is 0 Å². The number of hydrogen-bond donors (Lipinski definition) is 1. The van der Waals surface area contributed by atoms with Crippen molar-refractivity contribution in [3.8, 4) is 0 Å². The largest absolute Gasteiger partial charge is 0.330 e. The maximum Gasteiger partial charge on any atom is 0.0236 e. The van der Waals surface area contributed by atoms with E-state index >= 15 is 0 Å². The van der Waals surface area contributed by atoms with E-state index in [2.05, 4.69) is 56.0 Å². The second kappa shape index (κ2) is 9.95. The van der Waals surface area contributed by atoms with E-state index in [1.165, 1.54) is 24.8 Å². The molecule has 1 rings (SSSR count). The van der Waals surface area contributed by atoms with E-state index in [0.717, 1.165) is 32.0 Å². The summed E-state index contributed by atoms with van der Waals surface area (Å²) < 4.78 is 0. The van der Waals surface area contributed by atoms with Gasteiger partial charge in [-0.3, -0.25) is 4.90 Å². The van der Waals surface area contributed by atoms with Crippen molar-refractivity contribution in [1.82, 2.24) is 4.90 Å². The van der Waals surface area contributed by atoms with E-state index in [1.807, 2.05) is 0 Å². The van der Waals surface area contributed by atoms with Gasteiger partial charge in [-0.2, -0.15) is 0 Å². The molecule has 0 heterocycles. The molecule has 0 spiro atoms. The average Bonchev–Trinajstić information content (AvgIpc) is 2.50. The lowest BCUT2D eigenvalue weighted by molar-refractivity contribution is 0.155. The van der Waals surface area contributed by atoms with E-state index in [1.54, 1.807) is 0 Å². The molecule has 2 unspecified atom stereocenters. The highest BCUT2D eigenvalue weighted by atomic mass is 15.1. The van der Waals surface area contributed by atoms with Crippen LogP contribution in [-0.4, -0.2) is 24.0 Å². The molecular formula is C18H32N2. The summed E-state index contributed by atoms with van der Waals surface area (Å²) in [7, 11) is 0. The summed E-state index contributed by atoms with van der Waals surface area (Å²) >= 11 is 0. The van der Waals surface area contributed by atoms with Gasteiger partial charge in [0.05, 0.1) is 0 Å². The minimum Gasteiger partial charge on any atom is -0.330 e. The van der Waals surface area contributed by atoms with Gasteiger partial charge in [0.15, 0.2) is 0 Å². The topological polar surface area (TPSA) is 29.3 Å². The summed E-state index contributed by atoms with van der Waals surface area (Å²) in [4.78, 5) is 2.63. The molecule has 0 amide bonds. The zero-order valence-electron chi connectivity index (χ0n) is 13.5. The maximum absolute atomic E-state index is 5.71. The molecule has 0 fully saturated rings. The van der Waals surface area contributed by atoms with Crippen molar-refractivity contribution < 1.29 is 0 Å². The lowest BCUT2D eigenvalue weighted by Crippen LogP contribution is -2.37. The van der Waals surface area contributed by atoms with Gasteiger partial charge in [0.2, 0.25) is 0 Å². The van der Waals surface area contributed by atoms with Gasteiger partial charge in [0.1, 0.15) is 0 Å². The molecule has 0 saturated heterocycles. The Kier molecular flexibility index (Phi) is 8.56. The Morgan fingerprint density at radius 3 is 2.35 bits per heavy atom. The van der Waals surface area contributed by atoms with Crippen LogP contribution in [0.2, 0.25) is 0 Å². The molecule has 114 valence electrons. The van der Waals surface area contributed by atoms with Crippen molar-refractivity contribution in [1.29, 1.82) is 0 Å². The first-order chi connectivity index (χ1) is 9.71. The maximum atomic E-state index is 5.71. The first-order valence-electron chi connectivity index (χ1n) is 8.19. The van der Waals surface area contributed by atoms with Crippen molar-refractivity contribution >= 4 is 0 Å². The van der Waals surface area contributed by atoms with Gasteiger partial charge >= 0.3 is 0 Å². The Labute approximate surface area is 125 Å². The molecule has 0 aliphatic carbocycles. The molecule has 0 radical (unpaired) electrons. The Morgan fingerprint density at radius 2 is 1.80 bits per heavy atom. The van der Waals surface area contributed by atoms with Gasteiger partial charge < -0.3 is 5.73 Å². The third-order valence-electron chi connectivity index (χ3n) is 4.24. The molecule has 0 bridgehead atoms. The Morgan fingerprint density at radius 1 is 1.10 bits per heavy atom. The molecule has 0 saturated carbocycles. The van der Waals surface area contributed by atoms with Gasteiger partial charge in [-0.1, -0.05) is 57.5 Å². The molecule has 2 heteroatoms. The van der Waals surface area contributed by atoms with Gasteiger partial charge in [0.25, 0.3) is 0 Å². The minimum absolute atomic E-state index is 0.678. The van der Waals surface area contributed by atoms with Gasteiger partial charge in [-0.25, -0.2) is 0 Å². The van der Waals surface area contributed by atoms with E-state index in [4.69, 9.17) is 5.73 Å². The third-order valence-corrected chi connectivity index (χ3v) is 4.24. The van der Waals surface area contributed by atoms with Crippen LogP contribution in [0.15, 0.2) is 30.3 Å². The van der Waals surface area contributed by atoms with Crippen LogP contribution < -0.4 is 5.73 Å². The van der Waals surface area contributed by atoms with Crippen molar-refractivity contribution in [3.63, 3.8) is 0 Å². The number of nitrogens with two attached hydrogens (primary N) is 1. The zero-order valence-corrected chi connectivity index (χ0v) is 13.5. The van der Waals surface area contributed by atoms with Crippen molar-refractivity contribution in [2.75, 3.05) is 13.1 Å². The van der Waals surface area contributed by atoms with Crippen LogP contribution in [0.3, 0.4) is 0 Å². The Balaban J connectivity index is 2.69. The lowest BCUT2D eigenvalue weighted by Gasteiger charge is -2.33. The summed E-state index contributed by atoms with van der Waals surface area (Å²) in [6, 6.07) is 11.5. The number of rotatable bonds is 10. The van der Waals surface area contributed by atoms with Gasteiger partial charge in [0, 0.05) is 12.6 Å². The first-order valence-corrected chi connectivity index (χ1v) is 8.19.